The second-order valence-corrected chi connectivity index (χ2v) is 4.31. The van der Waals surface area contributed by atoms with E-state index in [-0.39, 0.29) is 0 Å². The van der Waals surface area contributed by atoms with Gasteiger partial charge in [0, 0.05) is 0 Å². The third-order valence-corrected chi connectivity index (χ3v) is 2.70. The molecule has 1 aromatic rings. The number of anilines is 1. The van der Waals surface area contributed by atoms with Crippen molar-refractivity contribution in [3.8, 4) is 5.75 Å². The first kappa shape index (κ1) is 9.38. The molecule has 1 N–H and O–H groups in total. The van der Waals surface area contributed by atoms with Crippen molar-refractivity contribution in [3.05, 3.63) is 23.8 Å². The van der Waals surface area contributed by atoms with Gasteiger partial charge in [0.25, 0.3) is 0 Å². The fourth-order valence-corrected chi connectivity index (χ4v) is 1.66. The van der Waals surface area contributed by atoms with Gasteiger partial charge in [0.15, 0.2) is 0 Å². The maximum absolute atomic E-state index is 5.69. The molecule has 0 saturated heterocycles. The van der Waals surface area contributed by atoms with Gasteiger partial charge in [0.2, 0.25) is 0 Å². The highest BCUT2D eigenvalue weighted by atomic mass is 16.5. The van der Waals surface area contributed by atoms with Gasteiger partial charge in [-0.3, -0.25) is 0 Å². The van der Waals surface area contributed by atoms with Crippen molar-refractivity contribution >= 4 is 5.69 Å². The van der Waals surface area contributed by atoms with Crippen LogP contribution in [-0.4, -0.2) is 12.6 Å². The van der Waals surface area contributed by atoms with Crippen LogP contribution in [0.2, 0.25) is 0 Å². The third-order valence-electron chi connectivity index (χ3n) is 2.70. The van der Waals surface area contributed by atoms with Gasteiger partial charge in [0.05, 0.1) is 11.7 Å². The lowest BCUT2D eigenvalue weighted by Crippen LogP contribution is -2.35. The maximum Gasteiger partial charge on any atom is 0.142 e. The van der Waals surface area contributed by atoms with Crippen molar-refractivity contribution in [2.24, 2.45) is 5.92 Å². The molecule has 1 aliphatic rings. The van der Waals surface area contributed by atoms with Crippen LogP contribution >= 0.6 is 0 Å². The maximum atomic E-state index is 5.69. The molecule has 2 heteroatoms. The van der Waals surface area contributed by atoms with Gasteiger partial charge in [-0.25, -0.2) is 0 Å². The normalized spacial score (nSPS) is 19.9. The lowest BCUT2D eigenvalue weighted by molar-refractivity contribution is 0.257. The van der Waals surface area contributed by atoms with E-state index >= 15 is 0 Å². The molecule has 0 aromatic heterocycles. The highest BCUT2D eigenvalue weighted by molar-refractivity contribution is 5.59. The molecule has 0 spiro atoms. The van der Waals surface area contributed by atoms with E-state index in [0.29, 0.717) is 12.0 Å². The molecule has 0 aliphatic carbocycles. The third kappa shape index (κ3) is 1.69. The van der Waals surface area contributed by atoms with E-state index < -0.39 is 0 Å². The van der Waals surface area contributed by atoms with Gasteiger partial charge in [-0.2, -0.15) is 0 Å². The summed E-state index contributed by atoms with van der Waals surface area (Å²) < 4.78 is 5.69. The van der Waals surface area contributed by atoms with Gasteiger partial charge in [-0.05, 0) is 30.5 Å². The molecule has 14 heavy (non-hydrogen) atoms. The number of rotatable bonds is 1. The van der Waals surface area contributed by atoms with Crippen LogP contribution in [0.25, 0.3) is 0 Å². The summed E-state index contributed by atoms with van der Waals surface area (Å²) in [6.07, 6.45) is 0. The van der Waals surface area contributed by atoms with Crippen molar-refractivity contribution in [2.75, 3.05) is 11.9 Å². The molecule has 76 valence electrons. The minimum absolute atomic E-state index is 0.435. The molecule has 0 amide bonds. The SMILES string of the molecule is Cc1ccc2c(c1)NC(C(C)C)CO2. The van der Waals surface area contributed by atoms with Crippen LogP contribution in [0.1, 0.15) is 19.4 Å². The highest BCUT2D eigenvalue weighted by Gasteiger charge is 2.20. The molecule has 1 aromatic carbocycles. The van der Waals surface area contributed by atoms with Crippen LogP contribution in [0.5, 0.6) is 5.75 Å². The molecule has 1 unspecified atom stereocenters. The number of benzene rings is 1. The van der Waals surface area contributed by atoms with Gasteiger partial charge in [-0.15, -0.1) is 0 Å². The monoisotopic (exact) mass is 191 g/mol. The summed E-state index contributed by atoms with van der Waals surface area (Å²) >= 11 is 0. The van der Waals surface area contributed by atoms with Gasteiger partial charge in [-0.1, -0.05) is 19.9 Å². The number of nitrogens with one attached hydrogen (secondary N) is 1. The molecular formula is C12H17NO. The predicted molar refractivity (Wildman–Crippen MR) is 58.9 cm³/mol. The van der Waals surface area contributed by atoms with Crippen LogP contribution in [0.15, 0.2) is 18.2 Å². The number of aryl methyl sites for hydroxylation is 1. The van der Waals surface area contributed by atoms with E-state index in [4.69, 9.17) is 4.74 Å². The fraction of sp³-hybridized carbons (Fsp3) is 0.500. The number of fused-ring (bicyclic) bond motifs is 1. The summed E-state index contributed by atoms with van der Waals surface area (Å²) in [5.41, 5.74) is 2.40. The van der Waals surface area contributed by atoms with Crippen LogP contribution < -0.4 is 10.1 Å². The lowest BCUT2D eigenvalue weighted by Gasteiger charge is -2.30. The Bertz CT molecular complexity index is 333. The Kier molecular flexibility index (Phi) is 2.36. The predicted octanol–water partition coefficient (Wildman–Crippen LogP) is 2.82. The molecule has 0 bridgehead atoms. The Balaban J connectivity index is 2.24. The van der Waals surface area contributed by atoms with E-state index in [1.165, 1.54) is 5.56 Å². The molecule has 2 nitrogen and oxygen atoms in total. The fourth-order valence-electron chi connectivity index (χ4n) is 1.66. The summed E-state index contributed by atoms with van der Waals surface area (Å²) in [6, 6.07) is 6.69. The quantitative estimate of drug-likeness (QED) is 0.737. The van der Waals surface area contributed by atoms with Gasteiger partial charge in [0.1, 0.15) is 12.4 Å². The molecular weight excluding hydrogens is 174 g/mol. The van der Waals surface area contributed by atoms with E-state index in [0.717, 1.165) is 18.0 Å². The largest absolute Gasteiger partial charge is 0.489 e. The first-order chi connectivity index (χ1) is 6.66. The smallest absolute Gasteiger partial charge is 0.142 e. The van der Waals surface area contributed by atoms with Crippen LogP contribution in [0, 0.1) is 12.8 Å². The summed E-state index contributed by atoms with van der Waals surface area (Å²) in [4.78, 5) is 0. The summed E-state index contributed by atoms with van der Waals surface area (Å²) in [6.45, 7) is 7.29. The van der Waals surface area contributed by atoms with E-state index in [1.807, 2.05) is 6.07 Å². The molecule has 0 fully saturated rings. The average molecular weight is 191 g/mol. The number of hydrogen-bond acceptors (Lipinski definition) is 2. The lowest BCUT2D eigenvalue weighted by atomic mass is 10.0. The van der Waals surface area contributed by atoms with E-state index in [2.05, 4.69) is 38.2 Å². The number of ether oxygens (including phenoxy) is 1. The standard InChI is InChI=1S/C12H17NO/c1-8(2)11-7-14-12-5-4-9(3)6-10(12)13-11/h4-6,8,11,13H,7H2,1-3H3. The molecule has 0 saturated carbocycles. The summed E-state index contributed by atoms with van der Waals surface area (Å²) in [5.74, 6) is 1.58. The number of hydrogen-bond donors (Lipinski definition) is 1. The zero-order valence-corrected chi connectivity index (χ0v) is 9.00. The van der Waals surface area contributed by atoms with E-state index in [9.17, 15) is 0 Å². The van der Waals surface area contributed by atoms with Crippen molar-refractivity contribution < 1.29 is 4.74 Å². The average Bonchev–Trinajstić information content (AvgIpc) is 2.16. The topological polar surface area (TPSA) is 21.3 Å². The zero-order chi connectivity index (χ0) is 10.1. The minimum atomic E-state index is 0.435. The second kappa shape index (κ2) is 3.52. The minimum Gasteiger partial charge on any atom is -0.489 e. The van der Waals surface area contributed by atoms with Gasteiger partial charge < -0.3 is 10.1 Å². The molecule has 0 radical (unpaired) electrons. The first-order valence-corrected chi connectivity index (χ1v) is 5.17. The Morgan fingerprint density at radius 2 is 2.21 bits per heavy atom. The van der Waals surface area contributed by atoms with Crippen molar-refractivity contribution in [2.45, 2.75) is 26.8 Å². The summed E-state index contributed by atoms with van der Waals surface area (Å²) in [5, 5.41) is 3.51. The molecule has 2 rings (SSSR count). The first-order valence-electron chi connectivity index (χ1n) is 5.17. The van der Waals surface area contributed by atoms with Crippen LogP contribution in [0.3, 0.4) is 0 Å². The summed E-state index contributed by atoms with van der Waals surface area (Å²) in [7, 11) is 0. The van der Waals surface area contributed by atoms with Crippen molar-refractivity contribution in [1.29, 1.82) is 0 Å². The van der Waals surface area contributed by atoms with Crippen molar-refractivity contribution in [3.63, 3.8) is 0 Å². The van der Waals surface area contributed by atoms with Crippen LogP contribution in [0.4, 0.5) is 5.69 Å². The van der Waals surface area contributed by atoms with Crippen molar-refractivity contribution in [1.82, 2.24) is 0 Å². The Morgan fingerprint density at radius 1 is 1.43 bits per heavy atom. The van der Waals surface area contributed by atoms with Crippen LogP contribution in [-0.2, 0) is 0 Å². The molecule has 1 atom stereocenters. The Hall–Kier alpha value is -1.18. The molecule has 1 heterocycles. The zero-order valence-electron chi connectivity index (χ0n) is 9.00. The highest BCUT2D eigenvalue weighted by Crippen LogP contribution is 2.30. The Morgan fingerprint density at radius 3 is 2.93 bits per heavy atom. The Labute approximate surface area is 85.3 Å². The van der Waals surface area contributed by atoms with Gasteiger partial charge >= 0.3 is 0 Å². The second-order valence-electron chi connectivity index (χ2n) is 4.31. The molecule has 1 aliphatic heterocycles. The van der Waals surface area contributed by atoms with E-state index in [1.54, 1.807) is 0 Å².